The molecule has 254 valence electrons. The first-order valence-electron chi connectivity index (χ1n) is 16.1. The average Bonchev–Trinajstić information content (AvgIpc) is 3.12. The van der Waals surface area contributed by atoms with E-state index in [2.05, 4.69) is 188 Å². The first kappa shape index (κ1) is 40.6. The van der Waals surface area contributed by atoms with E-state index in [4.69, 9.17) is 4.99 Å². The van der Waals surface area contributed by atoms with E-state index < -0.39 is 7.92 Å². The molecular formula is C43H42I2NNiOP. The van der Waals surface area contributed by atoms with Crippen LogP contribution in [-0.2, 0) is 16.5 Å². The Kier molecular flexibility index (Phi) is 17.7. The van der Waals surface area contributed by atoms with Gasteiger partial charge in [0, 0.05) is 31.8 Å². The van der Waals surface area contributed by atoms with Gasteiger partial charge < -0.3 is 5.11 Å². The topological polar surface area (TPSA) is 32.6 Å². The summed E-state index contributed by atoms with van der Waals surface area (Å²) in [5, 5.41) is 14.6. The number of hydrogen-bond donors (Lipinski definition) is 1. The monoisotopic (exact) mass is 931 g/mol. The molecule has 0 heterocycles. The van der Waals surface area contributed by atoms with Crippen LogP contribution in [0.4, 0.5) is 5.69 Å². The number of aromatic hydroxyl groups is 1. The molecule has 0 bridgehead atoms. The second-order valence-corrected chi connectivity index (χ2v) is 16.6. The molecular weight excluding hydrogens is 890 g/mol. The molecule has 0 radical (unpaired) electrons. The number of aliphatic imine (C=N–C) groups is 1. The molecule has 2 nitrogen and oxygen atoms in total. The molecule has 0 unspecified atom stereocenters. The van der Waals surface area contributed by atoms with Gasteiger partial charge in [0.05, 0.1) is 17.2 Å². The van der Waals surface area contributed by atoms with Gasteiger partial charge in [-0.3, -0.25) is 4.99 Å². The predicted octanol–water partition coefficient (Wildman–Crippen LogP) is 11.3. The number of phenols is 1. The van der Waals surface area contributed by atoms with E-state index in [1.807, 2.05) is 42.5 Å². The standard InChI is InChI=1S/C19H21I2NO.C18H15P.C6H5.Ni/c1-11(2)15-6-5-7-16(12(3)4)18(15)22-10-13-8-14(20)9-17(21)19(13)23;1-4-10-16(11-5-1)19(17-12-6-2-7-13-17)18-14-8-3-9-15-18;1-2-4-6-5-3-1;/h5-12,23H,1-4H3;1-15H;1-5H;/q;;-1;/p+1. The minimum Gasteiger partial charge on any atom is -0.506 e. The first-order valence-corrected chi connectivity index (χ1v) is 19.7. The Morgan fingerprint density at radius 2 is 1.04 bits per heavy atom. The second kappa shape index (κ2) is 21.4. The van der Waals surface area contributed by atoms with Crippen LogP contribution in [0.25, 0.3) is 0 Å². The predicted molar refractivity (Wildman–Crippen MR) is 227 cm³/mol. The van der Waals surface area contributed by atoms with E-state index in [1.165, 1.54) is 27.0 Å². The van der Waals surface area contributed by atoms with Gasteiger partial charge in [0.25, 0.3) is 0 Å². The summed E-state index contributed by atoms with van der Waals surface area (Å²) in [6, 6.07) is 55.3. The van der Waals surface area contributed by atoms with E-state index in [9.17, 15) is 5.11 Å². The molecule has 49 heavy (non-hydrogen) atoms. The van der Waals surface area contributed by atoms with E-state index >= 15 is 0 Å². The van der Waals surface area contributed by atoms with Crippen molar-refractivity contribution in [2.24, 2.45) is 4.99 Å². The largest absolute Gasteiger partial charge is 0.506 e. The number of hydrogen-bond acceptors (Lipinski definition) is 2. The maximum absolute atomic E-state index is 10.3. The molecule has 0 aromatic heterocycles. The Bertz CT molecular complexity index is 1710. The zero-order valence-corrected chi connectivity index (χ0v) is 34.4. The summed E-state index contributed by atoms with van der Waals surface area (Å²) in [4.78, 5) is 4.77. The van der Waals surface area contributed by atoms with Crippen molar-refractivity contribution in [2.75, 3.05) is 0 Å². The number of rotatable bonds is 7. The van der Waals surface area contributed by atoms with E-state index in [1.54, 1.807) is 6.21 Å². The zero-order valence-electron chi connectivity index (χ0n) is 28.1. The van der Waals surface area contributed by atoms with Gasteiger partial charge in [-0.25, -0.2) is 0 Å². The van der Waals surface area contributed by atoms with Crippen molar-refractivity contribution in [3.8, 4) is 5.75 Å². The molecule has 6 aromatic rings. The maximum Gasteiger partial charge on any atom is 0.137 e. The Labute approximate surface area is 331 Å². The van der Waals surface area contributed by atoms with E-state index in [-0.39, 0.29) is 16.5 Å². The first-order chi connectivity index (χ1) is 23.3. The molecule has 0 fully saturated rings. The number of para-hydroxylation sites is 1. The quantitative estimate of drug-likeness (QED) is 0.0559. The van der Waals surface area contributed by atoms with Crippen molar-refractivity contribution in [3.63, 3.8) is 0 Å². The van der Waals surface area contributed by atoms with Gasteiger partial charge in [0.2, 0.25) is 0 Å². The molecule has 0 saturated heterocycles. The molecule has 0 amide bonds. The third kappa shape index (κ3) is 12.5. The summed E-state index contributed by atoms with van der Waals surface area (Å²) in [6.45, 7) is 8.74. The van der Waals surface area contributed by atoms with Gasteiger partial charge in [-0.15, -0.1) is 0 Å². The minimum absolute atomic E-state index is 0. The molecule has 1 N–H and O–H groups in total. The van der Waals surface area contributed by atoms with Gasteiger partial charge in [-0.1, -0.05) is 100 Å². The number of benzene rings is 6. The molecule has 0 aliphatic heterocycles. The SMILES string of the molecule is CC(C)c1cccc(C(C)C)c1N=Cc1cc(I)cc(I)c1O.[Ni].[c-]1ccccc1.c1ccc([PH+](c2ccccc2)c2ccccc2)cc1. The van der Waals surface area contributed by atoms with Crippen LogP contribution in [0.3, 0.4) is 0 Å². The summed E-state index contributed by atoms with van der Waals surface area (Å²) in [5.41, 5.74) is 4.28. The summed E-state index contributed by atoms with van der Waals surface area (Å²) in [6.07, 6.45) is 1.78. The van der Waals surface area contributed by atoms with Crippen LogP contribution in [-0.4, -0.2) is 11.3 Å². The van der Waals surface area contributed by atoms with E-state index in [0.29, 0.717) is 17.6 Å². The van der Waals surface area contributed by atoms with Crippen LogP contribution in [0.2, 0.25) is 0 Å². The maximum atomic E-state index is 10.3. The Morgan fingerprint density at radius 1 is 0.612 bits per heavy atom. The molecule has 0 saturated carbocycles. The molecule has 0 aliphatic rings. The van der Waals surface area contributed by atoms with Crippen molar-refractivity contribution >= 4 is 80.9 Å². The fourth-order valence-electron chi connectivity index (χ4n) is 5.14. The Balaban J connectivity index is 0.000000225. The molecule has 6 aromatic carbocycles. The Morgan fingerprint density at radius 3 is 1.41 bits per heavy atom. The van der Waals surface area contributed by atoms with Gasteiger partial charge in [0.15, 0.2) is 0 Å². The molecule has 6 rings (SSSR count). The van der Waals surface area contributed by atoms with Gasteiger partial charge in [-0.2, -0.15) is 36.4 Å². The van der Waals surface area contributed by atoms with E-state index in [0.717, 1.165) is 18.4 Å². The smallest absolute Gasteiger partial charge is 0.137 e. The summed E-state index contributed by atoms with van der Waals surface area (Å²) in [7, 11) is -0.877. The second-order valence-electron chi connectivity index (χ2n) is 11.7. The average molecular weight is 932 g/mol. The van der Waals surface area contributed by atoms with Crippen LogP contribution >= 0.6 is 53.1 Å². The van der Waals surface area contributed by atoms with Crippen LogP contribution in [0.5, 0.6) is 5.75 Å². The van der Waals surface area contributed by atoms with Gasteiger partial charge >= 0.3 is 0 Å². The van der Waals surface area contributed by atoms with Gasteiger partial charge in [0.1, 0.15) is 21.7 Å². The summed E-state index contributed by atoms with van der Waals surface area (Å²) in [5.74, 6) is 1.11. The minimum atomic E-state index is -0.877. The zero-order chi connectivity index (χ0) is 34.3. The fourth-order valence-corrected chi connectivity index (χ4v) is 9.60. The van der Waals surface area contributed by atoms with Crippen molar-refractivity contribution in [1.82, 2.24) is 0 Å². The molecule has 0 aliphatic carbocycles. The van der Waals surface area contributed by atoms with Crippen molar-refractivity contribution in [3.05, 3.63) is 182 Å². The van der Waals surface area contributed by atoms with Crippen LogP contribution in [0, 0.1) is 13.2 Å². The third-order valence-corrected chi connectivity index (χ3v) is 11.7. The van der Waals surface area contributed by atoms with Crippen LogP contribution in [0.15, 0.2) is 157 Å². The van der Waals surface area contributed by atoms with Gasteiger partial charge in [-0.05, 0) is 117 Å². The molecule has 0 spiro atoms. The summed E-state index contributed by atoms with van der Waals surface area (Å²) < 4.78 is 1.93. The van der Waals surface area contributed by atoms with Crippen molar-refractivity contribution < 1.29 is 21.6 Å². The summed E-state index contributed by atoms with van der Waals surface area (Å²) >= 11 is 4.41. The fraction of sp³-hybridized carbons (Fsp3) is 0.140. The third-order valence-electron chi connectivity index (χ3n) is 7.53. The number of halogens is 2. The Hall–Kier alpha value is -2.83. The van der Waals surface area contributed by atoms with Crippen molar-refractivity contribution in [1.29, 1.82) is 0 Å². The molecule has 0 atom stereocenters. The van der Waals surface area contributed by atoms with Crippen LogP contribution < -0.4 is 15.9 Å². The normalized spacial score (nSPS) is 10.6. The van der Waals surface area contributed by atoms with Crippen molar-refractivity contribution in [2.45, 2.75) is 39.5 Å². The number of nitrogens with zero attached hydrogens (tertiary/aromatic N) is 1. The number of phenolic OH excluding ortho intramolecular Hbond substituents is 1. The molecule has 6 heteroatoms. The van der Waals surface area contributed by atoms with Crippen LogP contribution in [0.1, 0.15) is 56.2 Å².